The molecule has 1 aromatic rings. The Morgan fingerprint density at radius 3 is 2.84 bits per heavy atom. The van der Waals surface area contributed by atoms with E-state index >= 15 is 0 Å². The fourth-order valence-electron chi connectivity index (χ4n) is 1.65. The van der Waals surface area contributed by atoms with Crippen molar-refractivity contribution in [1.82, 2.24) is 0 Å². The highest BCUT2D eigenvalue weighted by atomic mass is 31.0. The molecular weight excluding hydrogens is 275 g/mol. The van der Waals surface area contributed by atoms with Gasteiger partial charge < -0.3 is 19.7 Å². The molecule has 19 heavy (non-hydrogen) atoms. The van der Waals surface area contributed by atoms with E-state index in [1.54, 1.807) is 17.9 Å². The molecule has 0 saturated carbocycles. The molecule has 0 aliphatic carbocycles. The van der Waals surface area contributed by atoms with Gasteiger partial charge >= 0.3 is 11.9 Å². The molecule has 1 aromatic heterocycles. The third kappa shape index (κ3) is 2.68. The topological polar surface area (TPSA) is 110 Å². The number of hydrogen-bond acceptors (Lipinski definition) is 7. The van der Waals surface area contributed by atoms with Crippen LogP contribution in [-0.4, -0.2) is 52.9 Å². The second-order valence-corrected chi connectivity index (χ2v) is 5.05. The highest BCUT2D eigenvalue weighted by molar-refractivity contribution is 7.31. The van der Waals surface area contributed by atoms with E-state index in [0.29, 0.717) is 5.30 Å². The molecule has 1 saturated heterocycles. The van der Waals surface area contributed by atoms with Gasteiger partial charge in [0.2, 0.25) is 6.10 Å². The van der Waals surface area contributed by atoms with E-state index in [4.69, 9.17) is 9.84 Å². The molecule has 1 aliphatic heterocycles. The van der Waals surface area contributed by atoms with Crippen molar-refractivity contribution in [3.63, 3.8) is 0 Å². The predicted octanol–water partition coefficient (Wildman–Crippen LogP) is -0.909. The minimum atomic E-state index is -1.52. The van der Waals surface area contributed by atoms with Crippen LogP contribution in [-0.2, 0) is 19.1 Å². The SMILES string of the molecule is O=C1O[C@H]([C@@H](O)CO)C(OC(=O)c2ccc[pH]2)C1=O. The number of carbonyl (C=O) groups excluding carboxylic acids is 3. The summed E-state index contributed by atoms with van der Waals surface area (Å²) >= 11 is 0. The molecule has 102 valence electrons. The first-order chi connectivity index (χ1) is 9.04. The zero-order chi connectivity index (χ0) is 14.0. The summed E-state index contributed by atoms with van der Waals surface area (Å²) in [5.41, 5.74) is 0. The first-order valence-corrected chi connectivity index (χ1v) is 6.50. The second kappa shape index (κ2) is 5.52. The Hall–Kier alpha value is -1.69. The Bertz CT molecular complexity index is 495. The molecule has 0 amide bonds. The minimum Gasteiger partial charge on any atom is -0.449 e. The molecule has 0 spiro atoms. The fourth-order valence-corrected chi connectivity index (χ4v) is 2.39. The lowest BCUT2D eigenvalue weighted by molar-refractivity contribution is -0.152. The lowest BCUT2D eigenvalue weighted by atomic mass is 10.1. The van der Waals surface area contributed by atoms with Gasteiger partial charge in [-0.05, 0) is 11.9 Å². The van der Waals surface area contributed by atoms with Crippen molar-refractivity contribution < 1.29 is 34.1 Å². The molecule has 4 atom stereocenters. The molecule has 2 unspecified atom stereocenters. The van der Waals surface area contributed by atoms with Gasteiger partial charge in [-0.25, -0.2) is 9.59 Å². The average molecular weight is 286 g/mol. The van der Waals surface area contributed by atoms with Crippen LogP contribution < -0.4 is 0 Å². The van der Waals surface area contributed by atoms with Crippen molar-refractivity contribution in [2.24, 2.45) is 0 Å². The third-order valence-corrected chi connectivity index (χ3v) is 3.66. The molecule has 2 N–H and O–H groups in total. The Kier molecular flexibility index (Phi) is 3.99. The van der Waals surface area contributed by atoms with Gasteiger partial charge in [-0.2, -0.15) is 0 Å². The van der Waals surface area contributed by atoms with Crippen molar-refractivity contribution >= 4 is 25.9 Å². The van der Waals surface area contributed by atoms with E-state index in [2.05, 4.69) is 4.74 Å². The monoisotopic (exact) mass is 286 g/mol. The van der Waals surface area contributed by atoms with E-state index in [1.807, 2.05) is 0 Å². The molecule has 2 rings (SSSR count). The van der Waals surface area contributed by atoms with Gasteiger partial charge in [0.25, 0.3) is 5.78 Å². The van der Waals surface area contributed by atoms with Gasteiger partial charge in [-0.15, -0.1) is 8.19 Å². The Labute approximate surface area is 109 Å². The molecule has 7 nitrogen and oxygen atoms in total. The molecule has 0 bridgehead atoms. The van der Waals surface area contributed by atoms with Crippen LogP contribution in [0.5, 0.6) is 0 Å². The Morgan fingerprint density at radius 2 is 2.26 bits per heavy atom. The molecule has 1 fully saturated rings. The van der Waals surface area contributed by atoms with Crippen LogP contribution in [0.3, 0.4) is 0 Å². The van der Waals surface area contributed by atoms with Crippen LogP contribution in [0.2, 0.25) is 0 Å². The smallest absolute Gasteiger partial charge is 0.379 e. The molecule has 2 heterocycles. The zero-order valence-corrected chi connectivity index (χ0v) is 10.6. The van der Waals surface area contributed by atoms with Crippen LogP contribution in [0.1, 0.15) is 10.1 Å². The van der Waals surface area contributed by atoms with E-state index in [1.165, 1.54) is 0 Å². The molecule has 0 aromatic carbocycles. The number of hydrogen-bond donors (Lipinski definition) is 2. The van der Waals surface area contributed by atoms with Gasteiger partial charge in [0, 0.05) is 0 Å². The van der Waals surface area contributed by atoms with Crippen molar-refractivity contribution in [3.05, 3.63) is 23.2 Å². The molecule has 1 aliphatic rings. The summed E-state index contributed by atoms with van der Waals surface area (Å²) in [6, 6.07) is 3.22. The summed E-state index contributed by atoms with van der Waals surface area (Å²) < 4.78 is 9.50. The van der Waals surface area contributed by atoms with Crippen LogP contribution in [0.25, 0.3) is 0 Å². The van der Waals surface area contributed by atoms with Gasteiger partial charge in [-0.1, -0.05) is 6.07 Å². The standard InChI is InChI=1S/C11H11O7P/c12-4-5(13)8-9(7(14)11(16)17-8)18-10(15)6-2-1-3-19-6/h1-3,5,8-9,12-13,19H,4H2/t5-,8+,9?/m0/s1. The third-order valence-electron chi connectivity index (χ3n) is 2.62. The van der Waals surface area contributed by atoms with E-state index < -0.39 is 42.6 Å². The van der Waals surface area contributed by atoms with Crippen LogP contribution in [0.4, 0.5) is 0 Å². The number of rotatable bonds is 4. The van der Waals surface area contributed by atoms with Crippen LogP contribution in [0.15, 0.2) is 17.9 Å². The van der Waals surface area contributed by atoms with Gasteiger partial charge in [-0.3, -0.25) is 4.79 Å². The molecular formula is C11H11O7P. The van der Waals surface area contributed by atoms with Gasteiger partial charge in [0.1, 0.15) is 6.10 Å². The quantitative estimate of drug-likeness (QED) is 0.544. The summed E-state index contributed by atoms with van der Waals surface area (Å²) in [4.78, 5) is 34.4. The van der Waals surface area contributed by atoms with E-state index in [9.17, 15) is 19.5 Å². The number of aliphatic hydroxyl groups excluding tert-OH is 2. The van der Waals surface area contributed by atoms with Crippen LogP contribution >= 0.6 is 8.19 Å². The fraction of sp³-hybridized carbons (Fsp3) is 0.364. The lowest BCUT2D eigenvalue weighted by Gasteiger charge is -2.19. The summed E-state index contributed by atoms with van der Waals surface area (Å²) in [6.07, 6.45) is -4.37. The molecule has 8 heteroatoms. The summed E-state index contributed by atoms with van der Waals surface area (Å²) in [5.74, 6) is -1.21. The Balaban J connectivity index is 2.14. The predicted molar refractivity (Wildman–Crippen MR) is 63.1 cm³/mol. The van der Waals surface area contributed by atoms with Crippen molar-refractivity contribution in [2.45, 2.75) is 18.3 Å². The second-order valence-electron chi connectivity index (χ2n) is 3.89. The number of ether oxygens (including phenoxy) is 2. The number of Topliss-reactive ketones (excluding diaryl/α,β-unsaturated/α-hetero) is 1. The maximum absolute atomic E-state index is 11.7. The number of esters is 2. The summed E-state index contributed by atoms with van der Waals surface area (Å²) in [5, 5.41) is 18.6. The first-order valence-electron chi connectivity index (χ1n) is 5.42. The maximum atomic E-state index is 11.7. The van der Waals surface area contributed by atoms with Crippen molar-refractivity contribution in [3.8, 4) is 0 Å². The number of cyclic esters (lactones) is 1. The number of aliphatic hydroxyl groups is 2. The van der Waals surface area contributed by atoms with E-state index in [0.717, 1.165) is 0 Å². The minimum absolute atomic E-state index is 0.133. The summed E-state index contributed by atoms with van der Waals surface area (Å²) in [7, 11) is 0.133. The number of ketones is 1. The van der Waals surface area contributed by atoms with E-state index in [-0.39, 0.29) is 8.19 Å². The maximum Gasteiger partial charge on any atom is 0.379 e. The zero-order valence-electron chi connectivity index (χ0n) is 9.61. The van der Waals surface area contributed by atoms with Crippen LogP contribution in [0, 0.1) is 0 Å². The Morgan fingerprint density at radius 1 is 1.53 bits per heavy atom. The van der Waals surface area contributed by atoms with Gasteiger partial charge in [0.05, 0.1) is 11.9 Å². The highest BCUT2D eigenvalue weighted by Gasteiger charge is 2.49. The van der Waals surface area contributed by atoms with Crippen molar-refractivity contribution in [2.75, 3.05) is 6.61 Å². The summed E-state index contributed by atoms with van der Waals surface area (Å²) in [6.45, 7) is -0.717. The van der Waals surface area contributed by atoms with Gasteiger partial charge in [0.15, 0.2) is 6.10 Å². The lowest BCUT2D eigenvalue weighted by Crippen LogP contribution is -2.41. The van der Waals surface area contributed by atoms with Crippen molar-refractivity contribution in [1.29, 1.82) is 0 Å². The largest absolute Gasteiger partial charge is 0.449 e. The normalized spacial score (nSPS) is 24.5. The highest BCUT2D eigenvalue weighted by Crippen LogP contribution is 2.22. The first kappa shape index (κ1) is 13.7. The molecule has 0 radical (unpaired) electrons. The number of carbonyl (C=O) groups is 3. The average Bonchev–Trinajstić information content (AvgIpc) is 3.01.